The van der Waals surface area contributed by atoms with Crippen LogP contribution in [0.1, 0.15) is 51.1 Å². The summed E-state index contributed by atoms with van der Waals surface area (Å²) >= 11 is 0. The van der Waals surface area contributed by atoms with E-state index < -0.39 is 6.29 Å². The van der Waals surface area contributed by atoms with E-state index in [1.165, 1.54) is 0 Å². The highest BCUT2D eigenvalue weighted by molar-refractivity contribution is 6.00. The summed E-state index contributed by atoms with van der Waals surface area (Å²) in [4.78, 5) is 25.0. The van der Waals surface area contributed by atoms with Crippen molar-refractivity contribution in [2.45, 2.75) is 44.6 Å². The Morgan fingerprint density at radius 1 is 1.18 bits per heavy atom. The zero-order valence-corrected chi connectivity index (χ0v) is 18.8. The fraction of sp³-hybridized carbons (Fsp3) is 0.462. The number of methoxy groups -OCH3 is 1. The van der Waals surface area contributed by atoms with Gasteiger partial charge in [-0.1, -0.05) is 12.1 Å². The Hall–Kier alpha value is -2.58. The largest absolute Gasteiger partial charge is 0.488 e. The van der Waals surface area contributed by atoms with Gasteiger partial charge in [0.2, 0.25) is 0 Å². The molecule has 0 bridgehead atoms. The SMILES string of the molecule is COCC1CNC(C(O)OCC(=O)c2ccc3c(c2)COc2cc4c(cc2-3)CCCC4=O)C1. The van der Waals surface area contributed by atoms with Gasteiger partial charge in [0.05, 0.1) is 12.6 Å². The Labute approximate surface area is 193 Å². The second kappa shape index (κ2) is 9.35. The second-order valence-electron chi connectivity index (χ2n) is 9.14. The van der Waals surface area contributed by atoms with Gasteiger partial charge in [-0.3, -0.25) is 9.59 Å². The van der Waals surface area contributed by atoms with Gasteiger partial charge in [-0.25, -0.2) is 0 Å². The number of fused-ring (bicyclic) bond motifs is 4. The van der Waals surface area contributed by atoms with Crippen LogP contribution in [-0.2, 0) is 22.5 Å². The van der Waals surface area contributed by atoms with Crippen molar-refractivity contribution in [2.24, 2.45) is 5.92 Å². The van der Waals surface area contributed by atoms with Crippen LogP contribution in [0.3, 0.4) is 0 Å². The quantitative estimate of drug-likeness (QED) is 0.494. The van der Waals surface area contributed by atoms with Crippen LogP contribution in [0.2, 0.25) is 0 Å². The molecule has 2 heterocycles. The Morgan fingerprint density at radius 3 is 2.91 bits per heavy atom. The molecule has 5 rings (SSSR count). The van der Waals surface area contributed by atoms with E-state index in [4.69, 9.17) is 14.2 Å². The Bertz CT molecular complexity index is 1080. The molecule has 7 heteroatoms. The lowest BCUT2D eigenvalue weighted by Crippen LogP contribution is -2.37. The first-order chi connectivity index (χ1) is 16.0. The van der Waals surface area contributed by atoms with Crippen molar-refractivity contribution in [1.29, 1.82) is 0 Å². The molecule has 0 amide bonds. The molecule has 0 saturated carbocycles. The van der Waals surface area contributed by atoms with Gasteiger partial charge in [-0.2, -0.15) is 0 Å². The van der Waals surface area contributed by atoms with E-state index in [2.05, 4.69) is 11.4 Å². The number of ketones is 2. The van der Waals surface area contributed by atoms with E-state index in [-0.39, 0.29) is 24.2 Å². The molecule has 3 atom stereocenters. The van der Waals surface area contributed by atoms with Gasteiger partial charge >= 0.3 is 0 Å². The summed E-state index contributed by atoms with van der Waals surface area (Å²) in [7, 11) is 1.66. The number of benzene rings is 2. The third kappa shape index (κ3) is 4.46. The number of nitrogens with one attached hydrogen (secondary N) is 1. The molecule has 2 aromatic carbocycles. The van der Waals surface area contributed by atoms with Crippen molar-refractivity contribution in [3.8, 4) is 16.9 Å². The van der Waals surface area contributed by atoms with Gasteiger partial charge < -0.3 is 24.6 Å². The zero-order valence-electron chi connectivity index (χ0n) is 18.8. The van der Waals surface area contributed by atoms with Gasteiger partial charge in [-0.05, 0) is 60.1 Å². The molecule has 2 N–H and O–H groups in total. The second-order valence-corrected chi connectivity index (χ2v) is 9.14. The molecule has 1 saturated heterocycles. The molecule has 3 unspecified atom stereocenters. The molecule has 33 heavy (non-hydrogen) atoms. The standard InChI is InChI=1S/C26H29NO6/c1-31-12-15-7-22(27-11-15)26(30)33-14-24(29)17-5-6-19-18(8-17)13-32-25-10-20-16(9-21(19)25)3-2-4-23(20)28/h5-6,8-10,15,22,26-27,30H,2-4,7,11-14H2,1H3. The molecule has 1 fully saturated rings. The lowest BCUT2D eigenvalue weighted by Gasteiger charge is -2.25. The number of hydrogen-bond donors (Lipinski definition) is 2. The Kier molecular flexibility index (Phi) is 6.29. The number of carbonyl (C=O) groups excluding carboxylic acids is 2. The minimum Gasteiger partial charge on any atom is -0.488 e. The van der Waals surface area contributed by atoms with Crippen LogP contribution in [0, 0.1) is 5.92 Å². The summed E-state index contributed by atoms with van der Waals surface area (Å²) in [6.45, 7) is 1.54. The number of Topliss-reactive ketones (excluding diaryl/α,β-unsaturated/α-hetero) is 2. The van der Waals surface area contributed by atoms with E-state index in [1.54, 1.807) is 13.2 Å². The van der Waals surface area contributed by atoms with E-state index >= 15 is 0 Å². The summed E-state index contributed by atoms with van der Waals surface area (Å²) in [5.41, 5.74) is 5.28. The summed E-state index contributed by atoms with van der Waals surface area (Å²) in [5.74, 6) is 1.04. The fourth-order valence-electron chi connectivity index (χ4n) is 5.08. The van der Waals surface area contributed by atoms with Crippen LogP contribution in [0.5, 0.6) is 5.75 Å². The van der Waals surface area contributed by atoms with Gasteiger partial charge in [0.1, 0.15) is 19.0 Å². The molecule has 0 aromatic heterocycles. The number of ether oxygens (including phenoxy) is 3. The molecule has 1 aliphatic carbocycles. The number of hydrogen-bond acceptors (Lipinski definition) is 7. The van der Waals surface area contributed by atoms with Gasteiger partial charge in [0, 0.05) is 36.8 Å². The highest BCUT2D eigenvalue weighted by Crippen LogP contribution is 2.41. The average molecular weight is 452 g/mol. The minimum atomic E-state index is -1.04. The van der Waals surface area contributed by atoms with Crippen LogP contribution in [0.25, 0.3) is 11.1 Å². The van der Waals surface area contributed by atoms with E-state index in [9.17, 15) is 14.7 Å². The summed E-state index contributed by atoms with van der Waals surface area (Å²) in [6, 6.07) is 9.29. The molecular formula is C26H29NO6. The first-order valence-electron chi connectivity index (χ1n) is 11.5. The third-order valence-corrected chi connectivity index (χ3v) is 6.84. The van der Waals surface area contributed by atoms with Crippen molar-refractivity contribution < 1.29 is 28.9 Å². The topological polar surface area (TPSA) is 94.1 Å². The molecule has 0 spiro atoms. The normalized spacial score (nSPS) is 22.2. The number of carbonyl (C=O) groups is 2. The molecular weight excluding hydrogens is 422 g/mol. The van der Waals surface area contributed by atoms with E-state index in [0.717, 1.165) is 59.4 Å². The maximum Gasteiger partial charge on any atom is 0.188 e. The van der Waals surface area contributed by atoms with Crippen LogP contribution in [0.15, 0.2) is 30.3 Å². The zero-order chi connectivity index (χ0) is 22.9. The highest BCUT2D eigenvalue weighted by Gasteiger charge is 2.30. The molecule has 7 nitrogen and oxygen atoms in total. The molecule has 0 radical (unpaired) electrons. The van der Waals surface area contributed by atoms with Crippen molar-refractivity contribution in [1.82, 2.24) is 5.32 Å². The predicted molar refractivity (Wildman–Crippen MR) is 122 cm³/mol. The van der Waals surface area contributed by atoms with E-state index in [1.807, 2.05) is 18.2 Å². The van der Waals surface area contributed by atoms with Crippen molar-refractivity contribution in [3.05, 3.63) is 52.6 Å². The third-order valence-electron chi connectivity index (χ3n) is 6.84. The van der Waals surface area contributed by atoms with Crippen LogP contribution in [-0.4, -0.2) is 55.9 Å². The van der Waals surface area contributed by atoms with Gasteiger partial charge in [0.25, 0.3) is 0 Å². The number of aliphatic hydroxyl groups is 1. The molecule has 3 aliphatic rings. The monoisotopic (exact) mass is 451 g/mol. The maximum atomic E-state index is 12.7. The molecule has 2 aliphatic heterocycles. The maximum absolute atomic E-state index is 12.7. The van der Waals surface area contributed by atoms with E-state index in [0.29, 0.717) is 31.1 Å². The smallest absolute Gasteiger partial charge is 0.188 e. The minimum absolute atomic E-state index is 0.179. The van der Waals surface area contributed by atoms with Crippen LogP contribution >= 0.6 is 0 Å². The average Bonchev–Trinajstić information content (AvgIpc) is 3.30. The Morgan fingerprint density at radius 2 is 2.06 bits per heavy atom. The number of aryl methyl sites for hydroxylation is 1. The first-order valence-corrected chi connectivity index (χ1v) is 11.5. The van der Waals surface area contributed by atoms with Crippen molar-refractivity contribution >= 4 is 11.6 Å². The Balaban J connectivity index is 1.27. The summed E-state index contributed by atoms with van der Waals surface area (Å²) in [5, 5.41) is 13.6. The predicted octanol–water partition coefficient (Wildman–Crippen LogP) is 2.91. The first kappa shape index (κ1) is 22.2. The van der Waals surface area contributed by atoms with Crippen molar-refractivity contribution in [3.63, 3.8) is 0 Å². The lowest BCUT2D eigenvalue weighted by atomic mass is 9.86. The van der Waals surface area contributed by atoms with Gasteiger partial charge in [0.15, 0.2) is 17.9 Å². The van der Waals surface area contributed by atoms with Crippen LogP contribution < -0.4 is 10.1 Å². The van der Waals surface area contributed by atoms with Crippen LogP contribution in [0.4, 0.5) is 0 Å². The molecule has 174 valence electrons. The summed E-state index contributed by atoms with van der Waals surface area (Å²) in [6.07, 6.45) is 2.06. The van der Waals surface area contributed by atoms with Crippen molar-refractivity contribution in [2.75, 3.05) is 26.9 Å². The van der Waals surface area contributed by atoms with Gasteiger partial charge in [-0.15, -0.1) is 0 Å². The highest BCUT2D eigenvalue weighted by atomic mass is 16.6. The fourth-order valence-corrected chi connectivity index (χ4v) is 5.08. The number of aliphatic hydroxyl groups excluding tert-OH is 1. The molecule has 2 aromatic rings. The lowest BCUT2D eigenvalue weighted by molar-refractivity contribution is -0.109. The summed E-state index contributed by atoms with van der Waals surface area (Å²) < 4.78 is 16.6. The number of rotatable bonds is 7.